The van der Waals surface area contributed by atoms with E-state index < -0.39 is 5.41 Å². The fourth-order valence-electron chi connectivity index (χ4n) is 2.42. The Morgan fingerprint density at radius 2 is 2.17 bits per heavy atom. The number of carbonyl (C=O) groups is 1. The zero-order valence-corrected chi connectivity index (χ0v) is 10.9. The molecule has 4 heteroatoms. The van der Waals surface area contributed by atoms with Gasteiger partial charge in [-0.05, 0) is 43.5 Å². The van der Waals surface area contributed by atoms with Gasteiger partial charge in [-0.25, -0.2) is 4.39 Å². The highest BCUT2D eigenvalue weighted by molar-refractivity contribution is 5.98. The molecule has 0 heterocycles. The number of halogens is 1. The Labute approximate surface area is 107 Å². The van der Waals surface area contributed by atoms with E-state index in [1.54, 1.807) is 31.0 Å². The van der Waals surface area contributed by atoms with Crippen molar-refractivity contribution in [1.29, 1.82) is 0 Å². The monoisotopic (exact) mass is 250 g/mol. The van der Waals surface area contributed by atoms with Crippen LogP contribution in [0.4, 0.5) is 10.1 Å². The van der Waals surface area contributed by atoms with Crippen molar-refractivity contribution in [3.05, 3.63) is 29.6 Å². The summed E-state index contributed by atoms with van der Waals surface area (Å²) in [4.78, 5) is 14.0. The third-order valence-corrected chi connectivity index (χ3v) is 3.99. The van der Waals surface area contributed by atoms with Gasteiger partial charge in [0.05, 0.1) is 5.41 Å². The minimum Gasteiger partial charge on any atom is -0.329 e. The van der Waals surface area contributed by atoms with Gasteiger partial charge in [0, 0.05) is 19.3 Å². The number of aryl methyl sites for hydroxylation is 1. The standard InChI is InChI=1S/C14H19FN2O/c1-10-8-11(4-5-12(10)15)17(2)13(18)14(9-16)6-3-7-14/h4-5,8H,3,6-7,9,16H2,1-2H3. The molecule has 98 valence electrons. The minimum absolute atomic E-state index is 0.0438. The van der Waals surface area contributed by atoms with Crippen LogP contribution in [0.1, 0.15) is 24.8 Å². The molecule has 0 spiro atoms. The van der Waals surface area contributed by atoms with E-state index in [2.05, 4.69) is 0 Å². The summed E-state index contributed by atoms with van der Waals surface area (Å²) in [6.07, 6.45) is 2.76. The van der Waals surface area contributed by atoms with Crippen LogP contribution in [0.15, 0.2) is 18.2 Å². The fraction of sp³-hybridized carbons (Fsp3) is 0.500. The molecule has 1 fully saturated rings. The summed E-state index contributed by atoms with van der Waals surface area (Å²) in [5.74, 6) is -0.209. The molecule has 0 unspecified atom stereocenters. The lowest BCUT2D eigenvalue weighted by Gasteiger charge is -2.41. The lowest BCUT2D eigenvalue weighted by molar-refractivity contribution is -0.131. The number of anilines is 1. The van der Waals surface area contributed by atoms with Crippen molar-refractivity contribution >= 4 is 11.6 Å². The van der Waals surface area contributed by atoms with Crippen molar-refractivity contribution in [1.82, 2.24) is 0 Å². The number of nitrogens with zero attached hydrogens (tertiary/aromatic N) is 1. The van der Waals surface area contributed by atoms with Gasteiger partial charge in [-0.15, -0.1) is 0 Å². The van der Waals surface area contributed by atoms with Gasteiger partial charge in [-0.2, -0.15) is 0 Å². The van der Waals surface area contributed by atoms with Crippen molar-refractivity contribution in [2.24, 2.45) is 11.1 Å². The highest BCUT2D eigenvalue weighted by Gasteiger charge is 2.44. The Morgan fingerprint density at radius 1 is 1.50 bits per heavy atom. The Morgan fingerprint density at radius 3 is 2.61 bits per heavy atom. The van der Waals surface area contributed by atoms with Crippen LogP contribution in [-0.2, 0) is 4.79 Å². The summed E-state index contributed by atoms with van der Waals surface area (Å²) in [7, 11) is 1.73. The molecule has 18 heavy (non-hydrogen) atoms. The van der Waals surface area contributed by atoms with Crippen LogP contribution < -0.4 is 10.6 Å². The summed E-state index contributed by atoms with van der Waals surface area (Å²) >= 11 is 0. The van der Waals surface area contributed by atoms with E-state index in [1.165, 1.54) is 6.07 Å². The number of nitrogens with two attached hydrogens (primary N) is 1. The number of hydrogen-bond donors (Lipinski definition) is 1. The quantitative estimate of drug-likeness (QED) is 0.894. The molecule has 0 aliphatic heterocycles. The Hall–Kier alpha value is -1.42. The highest BCUT2D eigenvalue weighted by Crippen LogP contribution is 2.42. The number of hydrogen-bond acceptors (Lipinski definition) is 2. The molecule has 0 radical (unpaired) electrons. The maximum Gasteiger partial charge on any atom is 0.234 e. The summed E-state index contributed by atoms with van der Waals surface area (Å²) in [5, 5.41) is 0. The van der Waals surface area contributed by atoms with Crippen molar-refractivity contribution in [2.75, 3.05) is 18.5 Å². The maximum absolute atomic E-state index is 13.2. The first-order valence-electron chi connectivity index (χ1n) is 6.24. The zero-order chi connectivity index (χ0) is 13.3. The van der Waals surface area contributed by atoms with Gasteiger partial charge in [0.15, 0.2) is 0 Å². The Bertz CT molecular complexity index is 463. The van der Waals surface area contributed by atoms with Crippen molar-refractivity contribution in [3.8, 4) is 0 Å². The fourth-order valence-corrected chi connectivity index (χ4v) is 2.42. The van der Waals surface area contributed by atoms with E-state index >= 15 is 0 Å². The van der Waals surface area contributed by atoms with E-state index in [9.17, 15) is 9.18 Å². The third kappa shape index (κ3) is 2.01. The van der Waals surface area contributed by atoms with Gasteiger partial charge in [0.2, 0.25) is 5.91 Å². The number of rotatable bonds is 3. The second-order valence-corrected chi connectivity index (χ2v) is 5.14. The van der Waals surface area contributed by atoms with Crippen LogP contribution in [0.2, 0.25) is 0 Å². The van der Waals surface area contributed by atoms with Gasteiger partial charge >= 0.3 is 0 Å². The third-order valence-electron chi connectivity index (χ3n) is 3.99. The Kier molecular flexibility index (Phi) is 3.39. The van der Waals surface area contributed by atoms with E-state index in [4.69, 9.17) is 5.73 Å². The van der Waals surface area contributed by atoms with Crippen LogP contribution >= 0.6 is 0 Å². The van der Waals surface area contributed by atoms with Crippen molar-refractivity contribution in [2.45, 2.75) is 26.2 Å². The maximum atomic E-state index is 13.2. The number of amides is 1. The van der Waals surface area contributed by atoms with Crippen LogP contribution in [0.3, 0.4) is 0 Å². The molecule has 1 amide bonds. The van der Waals surface area contributed by atoms with E-state index in [0.29, 0.717) is 12.1 Å². The molecule has 1 aromatic carbocycles. The Balaban J connectivity index is 2.22. The molecular weight excluding hydrogens is 231 g/mol. The molecule has 0 saturated heterocycles. The molecule has 0 bridgehead atoms. The van der Waals surface area contributed by atoms with Crippen LogP contribution in [0.5, 0.6) is 0 Å². The first kappa shape index (κ1) is 13.0. The molecule has 1 saturated carbocycles. The molecule has 3 nitrogen and oxygen atoms in total. The predicted octanol–water partition coefficient (Wildman–Crippen LogP) is 2.23. The van der Waals surface area contributed by atoms with Gasteiger partial charge in [0.25, 0.3) is 0 Å². The van der Waals surface area contributed by atoms with Crippen LogP contribution in [0, 0.1) is 18.2 Å². The van der Waals surface area contributed by atoms with Crippen molar-refractivity contribution < 1.29 is 9.18 Å². The molecule has 2 rings (SSSR count). The predicted molar refractivity (Wildman–Crippen MR) is 69.9 cm³/mol. The first-order valence-corrected chi connectivity index (χ1v) is 6.24. The zero-order valence-electron chi connectivity index (χ0n) is 10.9. The molecule has 1 aromatic rings. The van der Waals surface area contributed by atoms with E-state index in [1.807, 2.05) is 0 Å². The van der Waals surface area contributed by atoms with Crippen LogP contribution in [-0.4, -0.2) is 19.5 Å². The molecule has 1 aliphatic rings. The minimum atomic E-state index is -0.392. The SMILES string of the molecule is Cc1cc(N(C)C(=O)C2(CN)CCC2)ccc1F. The second kappa shape index (κ2) is 4.69. The number of carbonyl (C=O) groups excluding carboxylic acids is 1. The summed E-state index contributed by atoms with van der Waals surface area (Å²) in [6, 6.07) is 4.71. The second-order valence-electron chi connectivity index (χ2n) is 5.14. The summed E-state index contributed by atoms with van der Waals surface area (Å²) in [5.41, 5.74) is 6.61. The lowest BCUT2D eigenvalue weighted by atomic mass is 9.68. The molecule has 0 aromatic heterocycles. The summed E-state index contributed by atoms with van der Waals surface area (Å²) < 4.78 is 13.2. The van der Waals surface area contributed by atoms with Crippen LogP contribution in [0.25, 0.3) is 0 Å². The lowest BCUT2D eigenvalue weighted by Crippen LogP contribution is -2.51. The topological polar surface area (TPSA) is 46.3 Å². The highest BCUT2D eigenvalue weighted by atomic mass is 19.1. The van der Waals surface area contributed by atoms with Gasteiger partial charge < -0.3 is 10.6 Å². The van der Waals surface area contributed by atoms with E-state index in [-0.39, 0.29) is 11.7 Å². The summed E-state index contributed by atoms with van der Waals surface area (Å²) in [6.45, 7) is 2.08. The van der Waals surface area contributed by atoms with Gasteiger partial charge in [0.1, 0.15) is 5.82 Å². The first-order chi connectivity index (χ1) is 8.50. The smallest absolute Gasteiger partial charge is 0.234 e. The average molecular weight is 250 g/mol. The molecule has 0 atom stereocenters. The van der Waals surface area contributed by atoms with Crippen molar-refractivity contribution in [3.63, 3.8) is 0 Å². The molecule has 2 N–H and O–H groups in total. The molecule has 1 aliphatic carbocycles. The largest absolute Gasteiger partial charge is 0.329 e. The molecular formula is C14H19FN2O. The average Bonchev–Trinajstić information content (AvgIpc) is 2.31. The van der Waals surface area contributed by atoms with Gasteiger partial charge in [-0.1, -0.05) is 6.42 Å². The number of benzene rings is 1. The van der Waals surface area contributed by atoms with Gasteiger partial charge in [-0.3, -0.25) is 4.79 Å². The van der Waals surface area contributed by atoms with E-state index in [0.717, 1.165) is 24.9 Å². The normalized spacial score (nSPS) is 17.1.